The predicted molar refractivity (Wildman–Crippen MR) is 368 cm³/mol. The van der Waals surface area contributed by atoms with Crippen LogP contribution in [0.3, 0.4) is 0 Å². The Hall–Kier alpha value is -9.71. The fraction of sp³-hybridized carbons (Fsp3) is 0.190. The van der Waals surface area contributed by atoms with E-state index in [4.69, 9.17) is 0 Å². The van der Waals surface area contributed by atoms with E-state index < -0.39 is 0 Å². The lowest BCUT2D eigenvalue weighted by Gasteiger charge is -2.13. The van der Waals surface area contributed by atoms with Crippen LogP contribution in [0, 0.1) is 40.4 Å². The number of aromatic nitrogens is 4. The van der Waals surface area contributed by atoms with Crippen LogP contribution < -0.4 is 18.3 Å². The van der Waals surface area contributed by atoms with Crippen LogP contribution in [0.1, 0.15) is 77.5 Å². The molecule has 0 amide bonds. The monoisotopic (exact) mass is 1170 g/mol. The van der Waals surface area contributed by atoms with Crippen molar-refractivity contribution < 1.29 is 22.7 Å². The molecule has 4 nitrogen and oxygen atoms in total. The van der Waals surface area contributed by atoms with Crippen molar-refractivity contribution in [2.75, 3.05) is 0 Å². The fourth-order valence-electron chi connectivity index (χ4n) is 12.1. The second kappa shape index (κ2) is 29.3. The van der Waals surface area contributed by atoms with Gasteiger partial charge >= 0.3 is 0 Å². The minimum atomic E-state index is -0.0541. The first-order chi connectivity index (χ1) is 43.2. The molecule has 0 spiro atoms. The fourth-order valence-corrected chi connectivity index (χ4v) is 12.1. The molecule has 1 fully saturated rings. The Bertz CT molecular complexity index is 4350. The summed E-state index contributed by atoms with van der Waals surface area (Å²) in [7, 11) is 8.37. The van der Waals surface area contributed by atoms with Crippen LogP contribution in [0.2, 0.25) is 0 Å². The van der Waals surface area contributed by atoms with Crippen LogP contribution >= 0.6 is 0 Å². The Kier molecular flexibility index (Phi) is 20.5. The lowest BCUT2D eigenvalue weighted by Crippen LogP contribution is -2.30. The Labute approximate surface area is 529 Å². The van der Waals surface area contributed by atoms with Gasteiger partial charge in [-0.2, -0.15) is 0 Å². The van der Waals surface area contributed by atoms with E-state index >= 15 is 0 Å². The van der Waals surface area contributed by atoms with Crippen LogP contribution in [0.15, 0.2) is 267 Å². The predicted octanol–water partition coefficient (Wildman–Crippen LogP) is 19.3. The topological polar surface area (TPSA) is 15.5 Å². The highest BCUT2D eigenvalue weighted by atomic mass is 19.1. The summed E-state index contributed by atoms with van der Waals surface area (Å²) in [6.45, 7) is 12.9. The SMILES string of the molecule is CCc1ccc(-c2cc[n+](C)c(-c3ccccc3C)c2)cc1.Cc1ccc(-c2cc[n+](C)c(-c3ccccc3C)c2)cc1.Cc1ccccc1-c1cc(-c2ccccc2)cc[n+]1C.Cc1ccccc1-c1ccc(-c2ccc(F)c(C3CCCC3)c2)c[n+]1C. The third kappa shape index (κ3) is 15.4. The van der Waals surface area contributed by atoms with Crippen LogP contribution in [0.25, 0.3) is 89.5 Å². The van der Waals surface area contributed by atoms with Gasteiger partial charge in [-0.1, -0.05) is 183 Å². The molecule has 13 rings (SSSR count). The molecule has 8 aromatic carbocycles. The molecule has 0 bridgehead atoms. The molecule has 0 radical (unpaired) electrons. The number of aryl methyl sites for hydroxylation is 10. The van der Waals surface area contributed by atoms with Gasteiger partial charge in [-0.05, 0) is 175 Å². The number of rotatable bonds is 10. The van der Waals surface area contributed by atoms with E-state index in [9.17, 15) is 4.39 Å². The van der Waals surface area contributed by atoms with Crippen LogP contribution in [0.5, 0.6) is 0 Å². The average Bonchev–Trinajstić information content (AvgIpc) is 3.51. The molecule has 0 unspecified atom stereocenters. The quantitative estimate of drug-likeness (QED) is 0.121. The second-order valence-electron chi connectivity index (χ2n) is 23.9. The summed E-state index contributed by atoms with van der Waals surface area (Å²) >= 11 is 0. The van der Waals surface area contributed by atoms with Gasteiger partial charge in [-0.25, -0.2) is 22.7 Å². The van der Waals surface area contributed by atoms with Gasteiger partial charge < -0.3 is 0 Å². The molecule has 12 aromatic rings. The highest BCUT2D eigenvalue weighted by Crippen LogP contribution is 2.38. The molecule has 444 valence electrons. The van der Waals surface area contributed by atoms with Gasteiger partial charge in [0.25, 0.3) is 0 Å². The minimum Gasteiger partial charge on any atom is -0.207 e. The molecule has 0 N–H and O–H groups in total. The van der Waals surface area contributed by atoms with Crippen molar-refractivity contribution >= 4 is 0 Å². The van der Waals surface area contributed by atoms with Crippen molar-refractivity contribution in [3.63, 3.8) is 0 Å². The average molecular weight is 1170 g/mol. The van der Waals surface area contributed by atoms with E-state index in [2.05, 4.69) is 343 Å². The van der Waals surface area contributed by atoms with Crippen molar-refractivity contribution in [3.8, 4) is 89.5 Å². The zero-order valence-corrected chi connectivity index (χ0v) is 53.7. The summed E-state index contributed by atoms with van der Waals surface area (Å²) in [5.74, 6) is 0.330. The minimum absolute atomic E-state index is 0.0541. The molecule has 1 saturated carbocycles. The first-order valence-electron chi connectivity index (χ1n) is 31.5. The standard InChI is InChI=1S/C24H25FN.C21H22N.C20H20N.C19H18N/c1-17-7-3-6-10-21(17)24-14-12-20(16-26(24)2)19-11-13-23(25)22(15-19)18-8-4-5-9-18;1-4-17-9-11-18(12-10-17)19-13-14-22(3)21(15-19)20-8-6-5-7-16(20)2;1-15-8-10-17(11-9-15)18-12-13-21(3)20(14-18)19-7-5-4-6-16(19)2;1-15-8-6-7-11-18(15)19-14-17(12-13-20(19)2)16-9-4-3-5-10-16/h3,6-7,10-16,18H,4-5,8-9H2,1-2H3;5-15H,4H2,1-3H3;4-14H,1-3H3;3-14H,1-2H3/q4*+1. The lowest BCUT2D eigenvalue weighted by atomic mass is 9.93. The van der Waals surface area contributed by atoms with Crippen molar-refractivity contribution in [2.24, 2.45) is 28.2 Å². The number of hydrogen-bond donors (Lipinski definition) is 0. The Morgan fingerprint density at radius 2 is 0.697 bits per heavy atom. The molecule has 0 saturated heterocycles. The van der Waals surface area contributed by atoms with Crippen LogP contribution in [-0.4, -0.2) is 0 Å². The van der Waals surface area contributed by atoms with E-state index in [0.717, 1.165) is 36.0 Å². The Balaban J connectivity index is 0.000000131. The molecular weight excluding hydrogens is 1080 g/mol. The molecule has 5 heteroatoms. The summed E-state index contributed by atoms with van der Waals surface area (Å²) in [6, 6.07) is 85.3. The van der Waals surface area contributed by atoms with Crippen LogP contribution in [-0.2, 0) is 34.6 Å². The first-order valence-corrected chi connectivity index (χ1v) is 31.5. The summed E-state index contributed by atoms with van der Waals surface area (Å²) in [6.07, 6.45) is 14.3. The molecular formula is C84H85FN4+4. The lowest BCUT2D eigenvalue weighted by molar-refractivity contribution is -0.660. The maximum Gasteiger partial charge on any atom is 0.213 e. The maximum atomic E-state index is 14.3. The Morgan fingerprint density at radius 1 is 0.337 bits per heavy atom. The summed E-state index contributed by atoms with van der Waals surface area (Å²) in [4.78, 5) is 0. The molecule has 0 aliphatic heterocycles. The van der Waals surface area contributed by atoms with Gasteiger partial charge in [-0.3, -0.25) is 0 Å². The van der Waals surface area contributed by atoms with Gasteiger partial charge in [0.2, 0.25) is 22.8 Å². The summed E-state index contributed by atoms with van der Waals surface area (Å²) in [5, 5.41) is 0. The highest BCUT2D eigenvalue weighted by molar-refractivity contribution is 5.73. The van der Waals surface area contributed by atoms with Crippen molar-refractivity contribution in [2.45, 2.75) is 79.6 Å². The number of halogens is 1. The molecule has 1 aliphatic carbocycles. The van der Waals surface area contributed by atoms with Crippen molar-refractivity contribution in [1.29, 1.82) is 0 Å². The van der Waals surface area contributed by atoms with E-state index in [0.29, 0.717) is 5.92 Å². The van der Waals surface area contributed by atoms with Crippen molar-refractivity contribution in [3.05, 3.63) is 312 Å². The van der Waals surface area contributed by atoms with Gasteiger partial charge in [0, 0.05) is 70.3 Å². The summed E-state index contributed by atoms with van der Waals surface area (Å²) < 4.78 is 23.0. The van der Waals surface area contributed by atoms with E-state index in [-0.39, 0.29) is 5.82 Å². The van der Waals surface area contributed by atoms with Gasteiger partial charge in [0.05, 0.1) is 0 Å². The van der Waals surface area contributed by atoms with E-state index in [1.807, 2.05) is 6.07 Å². The van der Waals surface area contributed by atoms with Crippen LogP contribution in [0.4, 0.5) is 4.39 Å². The number of benzene rings is 8. The highest BCUT2D eigenvalue weighted by Gasteiger charge is 2.23. The van der Waals surface area contributed by atoms with Gasteiger partial charge in [-0.15, -0.1) is 0 Å². The zero-order valence-electron chi connectivity index (χ0n) is 53.7. The third-order valence-electron chi connectivity index (χ3n) is 17.6. The smallest absolute Gasteiger partial charge is 0.207 e. The Morgan fingerprint density at radius 3 is 1.11 bits per heavy atom. The molecule has 4 heterocycles. The molecule has 4 aromatic heterocycles. The summed E-state index contributed by atoms with van der Waals surface area (Å²) in [5.41, 5.74) is 28.5. The number of nitrogens with zero attached hydrogens (tertiary/aromatic N) is 4. The van der Waals surface area contributed by atoms with Gasteiger partial charge in [0.1, 0.15) is 34.0 Å². The number of pyridine rings is 4. The number of hydrogen-bond acceptors (Lipinski definition) is 0. The van der Waals surface area contributed by atoms with Gasteiger partial charge in [0.15, 0.2) is 24.8 Å². The second-order valence-corrected chi connectivity index (χ2v) is 23.9. The normalized spacial score (nSPS) is 11.8. The molecule has 1 aliphatic rings. The molecule has 89 heavy (non-hydrogen) atoms. The van der Waals surface area contributed by atoms with E-state index in [1.165, 1.54) is 125 Å². The molecule has 0 atom stereocenters. The largest absolute Gasteiger partial charge is 0.213 e. The maximum absolute atomic E-state index is 14.3. The van der Waals surface area contributed by atoms with Crippen molar-refractivity contribution in [1.82, 2.24) is 0 Å². The first kappa shape index (κ1) is 62.3. The zero-order chi connectivity index (χ0) is 62.4. The third-order valence-corrected chi connectivity index (χ3v) is 17.6. The van der Waals surface area contributed by atoms with E-state index in [1.54, 1.807) is 6.07 Å².